The summed E-state index contributed by atoms with van der Waals surface area (Å²) in [5.74, 6) is -0.0998. The molecule has 0 bridgehead atoms. The van der Waals surface area contributed by atoms with Crippen molar-refractivity contribution < 1.29 is 14.3 Å². The first kappa shape index (κ1) is 29.7. The van der Waals surface area contributed by atoms with Gasteiger partial charge in [0.15, 0.2) is 6.61 Å². The van der Waals surface area contributed by atoms with Gasteiger partial charge in [-0.15, -0.1) is 0 Å². The van der Waals surface area contributed by atoms with Gasteiger partial charge < -0.3 is 15.0 Å². The Morgan fingerprint density at radius 1 is 0.949 bits per heavy atom. The number of hydrogen-bond acceptors (Lipinski definition) is 3. The maximum atomic E-state index is 13.9. The summed E-state index contributed by atoms with van der Waals surface area (Å²) in [5, 5.41) is 4.60. The molecule has 0 saturated heterocycles. The summed E-state index contributed by atoms with van der Waals surface area (Å²) >= 11 is 22.5. The van der Waals surface area contributed by atoms with Crippen molar-refractivity contribution in [3.63, 3.8) is 0 Å². The fraction of sp³-hybridized carbons (Fsp3) is 0.333. The number of halogens is 4. The molecule has 0 heterocycles. The van der Waals surface area contributed by atoms with Crippen LogP contribution in [0.2, 0.25) is 15.1 Å². The number of carbonyl (C=O) groups is 2. The van der Waals surface area contributed by atoms with E-state index in [0.29, 0.717) is 37.3 Å². The van der Waals surface area contributed by atoms with Crippen molar-refractivity contribution in [1.29, 1.82) is 0 Å². The fourth-order valence-corrected chi connectivity index (χ4v) is 6.08. The van der Waals surface area contributed by atoms with Gasteiger partial charge >= 0.3 is 0 Å². The molecule has 4 rings (SSSR count). The van der Waals surface area contributed by atoms with Crippen LogP contribution in [-0.2, 0) is 22.6 Å². The highest BCUT2D eigenvalue weighted by Crippen LogP contribution is 2.30. The third kappa shape index (κ3) is 8.37. The highest BCUT2D eigenvalue weighted by Gasteiger charge is 2.33. The molecule has 1 N–H and O–H groups in total. The molecule has 0 unspecified atom stereocenters. The van der Waals surface area contributed by atoms with Crippen LogP contribution in [0.3, 0.4) is 0 Å². The minimum absolute atomic E-state index is 0.0536. The molecule has 1 aliphatic rings. The molecule has 3 aromatic rings. The number of benzene rings is 3. The smallest absolute Gasteiger partial charge is 0.261 e. The monoisotopic (exact) mass is 650 g/mol. The minimum Gasteiger partial charge on any atom is -0.483 e. The molecule has 0 spiro atoms. The minimum atomic E-state index is -0.800. The molecule has 1 fully saturated rings. The van der Waals surface area contributed by atoms with Gasteiger partial charge in [-0.25, -0.2) is 0 Å². The van der Waals surface area contributed by atoms with Gasteiger partial charge in [0, 0.05) is 39.6 Å². The lowest BCUT2D eigenvalue weighted by Gasteiger charge is -2.33. The molecule has 9 heteroatoms. The van der Waals surface area contributed by atoms with Crippen LogP contribution in [0, 0.1) is 0 Å². The predicted octanol–water partition coefficient (Wildman–Crippen LogP) is 7.88. The number of rotatable bonds is 10. The number of ether oxygens (including phenoxy) is 1. The van der Waals surface area contributed by atoms with Gasteiger partial charge in [-0.1, -0.05) is 90.5 Å². The second-order valence-electron chi connectivity index (χ2n) is 9.63. The third-order valence-corrected chi connectivity index (χ3v) is 8.42. The molecule has 206 valence electrons. The van der Waals surface area contributed by atoms with Crippen LogP contribution in [0.25, 0.3) is 0 Å². The molecule has 1 atom stereocenters. The molecular formula is C30H30BrCl3N2O3. The Hall–Kier alpha value is -2.25. The number of hydrogen-bond donors (Lipinski definition) is 1. The van der Waals surface area contributed by atoms with Crippen LogP contribution in [0.4, 0.5) is 0 Å². The van der Waals surface area contributed by atoms with Gasteiger partial charge in [-0.2, -0.15) is 0 Å². The van der Waals surface area contributed by atoms with Crippen LogP contribution in [0.15, 0.2) is 71.2 Å². The zero-order valence-corrected chi connectivity index (χ0v) is 25.2. The molecule has 39 heavy (non-hydrogen) atoms. The van der Waals surface area contributed by atoms with E-state index in [-0.39, 0.29) is 31.0 Å². The van der Waals surface area contributed by atoms with Crippen LogP contribution >= 0.6 is 50.7 Å². The van der Waals surface area contributed by atoms with Crippen LogP contribution in [0.5, 0.6) is 5.75 Å². The number of nitrogens with one attached hydrogen (secondary N) is 1. The molecule has 0 aromatic heterocycles. The summed E-state index contributed by atoms with van der Waals surface area (Å²) in [4.78, 5) is 29.2. The van der Waals surface area contributed by atoms with Gasteiger partial charge in [0.2, 0.25) is 5.91 Å². The quantitative estimate of drug-likeness (QED) is 0.243. The normalized spacial score (nSPS) is 14.5. The van der Waals surface area contributed by atoms with Gasteiger partial charge in [0.05, 0.1) is 4.47 Å². The van der Waals surface area contributed by atoms with Crippen molar-refractivity contribution in [2.45, 2.75) is 57.2 Å². The molecule has 0 aliphatic heterocycles. The summed E-state index contributed by atoms with van der Waals surface area (Å²) in [7, 11) is 0. The van der Waals surface area contributed by atoms with Crippen LogP contribution < -0.4 is 10.1 Å². The van der Waals surface area contributed by atoms with E-state index in [1.54, 1.807) is 36.4 Å². The number of nitrogens with zero attached hydrogens (tertiary/aromatic N) is 1. The molecule has 1 aliphatic carbocycles. The molecular weight excluding hydrogens is 623 g/mol. The predicted molar refractivity (Wildman–Crippen MR) is 161 cm³/mol. The highest BCUT2D eigenvalue weighted by atomic mass is 79.9. The van der Waals surface area contributed by atoms with Crippen molar-refractivity contribution in [3.8, 4) is 5.75 Å². The first-order chi connectivity index (χ1) is 18.8. The number of amides is 2. The van der Waals surface area contributed by atoms with Crippen LogP contribution in [0.1, 0.15) is 43.2 Å². The van der Waals surface area contributed by atoms with Crippen LogP contribution in [-0.4, -0.2) is 35.4 Å². The fourth-order valence-electron chi connectivity index (χ4n) is 4.77. The van der Waals surface area contributed by atoms with Crippen molar-refractivity contribution in [2.75, 3.05) is 6.61 Å². The Morgan fingerprint density at radius 3 is 2.31 bits per heavy atom. The maximum Gasteiger partial charge on any atom is 0.261 e. The van der Waals surface area contributed by atoms with Crippen molar-refractivity contribution in [3.05, 3.63) is 97.4 Å². The van der Waals surface area contributed by atoms with Crippen molar-refractivity contribution >= 4 is 62.5 Å². The van der Waals surface area contributed by atoms with Gasteiger partial charge in [0.25, 0.3) is 5.91 Å². The first-order valence-electron chi connectivity index (χ1n) is 13.0. The van der Waals surface area contributed by atoms with E-state index in [2.05, 4.69) is 21.2 Å². The standard InChI is InChI=1S/C30H30BrCl3N2O3/c31-24-17-21(32)14-15-28(24)39-19-29(37)36(18-23-25(33)12-7-13-26(23)34)27(16-20-8-3-1-4-9-20)30(38)35-22-10-5-2-6-11-22/h1,3-4,7-9,12-15,17,22,27H,2,5-6,10-11,16,18-19H2,(H,35,38)/t27-/m0/s1. The summed E-state index contributed by atoms with van der Waals surface area (Å²) < 4.78 is 6.49. The van der Waals surface area contributed by atoms with E-state index >= 15 is 0 Å². The van der Waals surface area contributed by atoms with Crippen molar-refractivity contribution in [2.24, 2.45) is 0 Å². The summed E-state index contributed by atoms with van der Waals surface area (Å²) in [5.41, 5.74) is 1.51. The Balaban J connectivity index is 1.65. The van der Waals surface area contributed by atoms with E-state index in [4.69, 9.17) is 39.5 Å². The Kier molecular flexibility index (Phi) is 11.0. The molecule has 3 aromatic carbocycles. The lowest BCUT2D eigenvalue weighted by Crippen LogP contribution is -2.53. The number of carbonyl (C=O) groups excluding carboxylic acids is 2. The summed E-state index contributed by atoms with van der Waals surface area (Å²) in [6, 6.07) is 19.2. The Bertz CT molecular complexity index is 1270. The Labute approximate surface area is 252 Å². The maximum absolute atomic E-state index is 13.9. The molecule has 5 nitrogen and oxygen atoms in total. The summed E-state index contributed by atoms with van der Waals surface area (Å²) in [6.45, 7) is -0.234. The van der Waals surface area contributed by atoms with E-state index in [1.807, 2.05) is 30.3 Å². The average Bonchev–Trinajstić information content (AvgIpc) is 2.92. The SMILES string of the molecule is O=C(NC1CCCCC1)[C@H](Cc1ccccc1)N(Cc1c(Cl)cccc1Cl)C(=O)COc1ccc(Cl)cc1Br. The highest BCUT2D eigenvalue weighted by molar-refractivity contribution is 9.10. The first-order valence-corrected chi connectivity index (χ1v) is 14.9. The topological polar surface area (TPSA) is 58.6 Å². The lowest BCUT2D eigenvalue weighted by molar-refractivity contribution is -0.143. The second-order valence-corrected chi connectivity index (χ2v) is 11.7. The lowest BCUT2D eigenvalue weighted by atomic mass is 9.94. The average molecular weight is 653 g/mol. The molecule has 1 saturated carbocycles. The zero-order valence-electron chi connectivity index (χ0n) is 21.3. The third-order valence-electron chi connectivity index (χ3n) is 6.86. The second kappa shape index (κ2) is 14.4. The van der Waals surface area contributed by atoms with E-state index in [9.17, 15) is 9.59 Å². The van der Waals surface area contributed by atoms with E-state index in [1.165, 1.54) is 11.3 Å². The van der Waals surface area contributed by atoms with E-state index in [0.717, 1.165) is 31.2 Å². The zero-order chi connectivity index (χ0) is 27.8. The molecule has 2 amide bonds. The largest absolute Gasteiger partial charge is 0.483 e. The van der Waals surface area contributed by atoms with Gasteiger partial charge in [-0.3, -0.25) is 9.59 Å². The van der Waals surface area contributed by atoms with Gasteiger partial charge in [-0.05, 0) is 64.7 Å². The van der Waals surface area contributed by atoms with Crippen molar-refractivity contribution in [1.82, 2.24) is 10.2 Å². The molecule has 0 radical (unpaired) electrons. The summed E-state index contributed by atoms with van der Waals surface area (Å²) in [6.07, 6.45) is 5.53. The Morgan fingerprint density at radius 2 is 1.64 bits per heavy atom. The van der Waals surface area contributed by atoms with Gasteiger partial charge in [0.1, 0.15) is 11.8 Å². The van der Waals surface area contributed by atoms with E-state index < -0.39 is 6.04 Å².